The van der Waals surface area contributed by atoms with E-state index in [1.807, 2.05) is 29.2 Å². The van der Waals surface area contributed by atoms with Crippen LogP contribution in [0.25, 0.3) is 0 Å². The first-order valence-corrected chi connectivity index (χ1v) is 13.0. The fourth-order valence-corrected chi connectivity index (χ4v) is 6.01. The molecule has 1 aliphatic heterocycles. The molecule has 1 aliphatic carbocycles. The summed E-state index contributed by atoms with van der Waals surface area (Å²) in [6, 6.07) is 12.8. The number of benzene rings is 2. The number of rotatable bonds is 6. The van der Waals surface area contributed by atoms with Crippen molar-refractivity contribution in [2.24, 2.45) is 0 Å². The molecular weight excluding hydrogens is 500 g/mol. The summed E-state index contributed by atoms with van der Waals surface area (Å²) < 4.78 is 10.5. The molecule has 1 saturated heterocycles. The Kier molecular flexibility index (Phi) is 7.02. The van der Waals surface area contributed by atoms with Crippen molar-refractivity contribution in [3.63, 3.8) is 0 Å². The predicted octanol–water partition coefficient (Wildman–Crippen LogP) is 4.44. The summed E-state index contributed by atoms with van der Waals surface area (Å²) in [5.74, 6) is 0.583. The number of ether oxygens (including phenoxy) is 2. The van der Waals surface area contributed by atoms with Crippen molar-refractivity contribution in [3.8, 4) is 11.5 Å². The van der Waals surface area contributed by atoms with Crippen molar-refractivity contribution in [2.45, 2.75) is 18.8 Å². The lowest BCUT2D eigenvalue weighted by Crippen LogP contribution is -2.50. The average Bonchev–Trinajstić information content (AvgIpc) is 3.48. The maximum atomic E-state index is 13.4. The molecule has 188 valence electrons. The zero-order chi connectivity index (χ0) is 25.2. The van der Waals surface area contributed by atoms with Crippen LogP contribution < -0.4 is 19.7 Å². The Bertz CT molecular complexity index is 1270. The first-order chi connectivity index (χ1) is 17.5. The van der Waals surface area contributed by atoms with Crippen molar-refractivity contribution < 1.29 is 19.1 Å². The number of halogens is 1. The summed E-state index contributed by atoms with van der Waals surface area (Å²) in [4.78, 5) is 36.1. The number of amides is 2. The number of carbonyl (C=O) groups excluding carboxylic acids is 2. The Labute approximate surface area is 218 Å². The summed E-state index contributed by atoms with van der Waals surface area (Å²) in [7, 11) is 3.07. The SMILES string of the molecule is COc1cc(OC)cc(C(=O)Nc2nc3c(s2)CCC3C(=O)N2CCN(c3ccccc3Cl)CC2)c1. The van der Waals surface area contributed by atoms with E-state index in [9.17, 15) is 9.59 Å². The molecule has 1 fully saturated rings. The van der Waals surface area contributed by atoms with Gasteiger partial charge in [0.05, 0.1) is 36.5 Å². The lowest BCUT2D eigenvalue weighted by molar-refractivity contribution is -0.133. The second-order valence-corrected chi connectivity index (χ2v) is 10.2. The minimum Gasteiger partial charge on any atom is -0.497 e. The first kappa shape index (κ1) is 24.4. The van der Waals surface area contributed by atoms with Crippen LogP contribution in [0.15, 0.2) is 42.5 Å². The number of hydrogen-bond acceptors (Lipinski definition) is 7. The molecule has 0 saturated carbocycles. The van der Waals surface area contributed by atoms with Crippen LogP contribution in [0.2, 0.25) is 5.02 Å². The van der Waals surface area contributed by atoms with E-state index in [2.05, 4.69) is 15.2 Å². The van der Waals surface area contributed by atoms with E-state index in [-0.39, 0.29) is 17.7 Å². The van der Waals surface area contributed by atoms with Crippen LogP contribution in [0.3, 0.4) is 0 Å². The second-order valence-electron chi connectivity index (χ2n) is 8.74. The summed E-state index contributed by atoms with van der Waals surface area (Å²) >= 11 is 7.79. The number of hydrogen-bond donors (Lipinski definition) is 1. The average molecular weight is 527 g/mol. The zero-order valence-electron chi connectivity index (χ0n) is 20.1. The molecule has 1 atom stereocenters. The monoisotopic (exact) mass is 526 g/mol. The van der Waals surface area contributed by atoms with Gasteiger partial charge in [0, 0.05) is 42.7 Å². The Balaban J connectivity index is 1.24. The number of thiazole rings is 1. The standard InChI is InChI=1S/C26H27ClN4O4S/c1-34-17-13-16(14-18(15-17)35-2)24(32)29-26-28-23-19(7-8-22(23)36-26)25(33)31-11-9-30(10-12-31)21-6-4-3-5-20(21)27/h3-6,13-15,19H,7-12H2,1-2H3,(H,28,29,32). The number of aryl methyl sites for hydroxylation is 1. The quantitative estimate of drug-likeness (QED) is 0.511. The lowest BCUT2D eigenvalue weighted by atomic mass is 10.1. The highest BCUT2D eigenvalue weighted by Crippen LogP contribution is 2.40. The molecule has 36 heavy (non-hydrogen) atoms. The normalized spacial score (nSPS) is 17.0. The molecule has 2 aromatic carbocycles. The number of aromatic nitrogens is 1. The molecule has 0 spiro atoms. The minimum atomic E-state index is -0.307. The third-order valence-corrected chi connectivity index (χ3v) is 8.00. The van der Waals surface area contributed by atoms with E-state index in [0.717, 1.165) is 47.2 Å². The molecule has 0 radical (unpaired) electrons. The van der Waals surface area contributed by atoms with Crippen molar-refractivity contribution in [1.82, 2.24) is 9.88 Å². The second kappa shape index (κ2) is 10.4. The van der Waals surface area contributed by atoms with Crippen molar-refractivity contribution in [3.05, 3.63) is 63.6 Å². The van der Waals surface area contributed by atoms with E-state index >= 15 is 0 Å². The van der Waals surface area contributed by atoms with E-state index in [4.69, 9.17) is 21.1 Å². The number of carbonyl (C=O) groups is 2. The number of fused-ring (bicyclic) bond motifs is 1. The van der Waals surface area contributed by atoms with Gasteiger partial charge in [-0.1, -0.05) is 23.7 Å². The Morgan fingerprint density at radius 2 is 1.75 bits per heavy atom. The van der Waals surface area contributed by atoms with Crippen LogP contribution in [-0.2, 0) is 11.2 Å². The zero-order valence-corrected chi connectivity index (χ0v) is 21.7. The summed E-state index contributed by atoms with van der Waals surface area (Å²) in [5, 5.41) is 4.09. The van der Waals surface area contributed by atoms with Crippen LogP contribution in [-0.4, -0.2) is 62.1 Å². The lowest BCUT2D eigenvalue weighted by Gasteiger charge is -2.37. The third kappa shape index (κ3) is 4.85. The highest BCUT2D eigenvalue weighted by Gasteiger charge is 2.36. The van der Waals surface area contributed by atoms with Gasteiger partial charge in [-0.15, -0.1) is 11.3 Å². The summed E-state index contributed by atoms with van der Waals surface area (Å²) in [6.45, 7) is 2.75. The molecule has 2 aliphatic rings. The number of piperazine rings is 1. The topological polar surface area (TPSA) is 84.0 Å². The Morgan fingerprint density at radius 1 is 1.06 bits per heavy atom. The summed E-state index contributed by atoms with van der Waals surface area (Å²) in [6.07, 6.45) is 1.53. The first-order valence-electron chi connectivity index (χ1n) is 11.8. The fourth-order valence-electron chi connectivity index (χ4n) is 4.73. The van der Waals surface area contributed by atoms with Gasteiger partial charge in [-0.3, -0.25) is 14.9 Å². The van der Waals surface area contributed by atoms with Gasteiger partial charge in [0.25, 0.3) is 5.91 Å². The Morgan fingerprint density at radius 3 is 2.42 bits per heavy atom. The molecular formula is C26H27ClN4O4S. The number of nitrogens with one attached hydrogen (secondary N) is 1. The van der Waals surface area contributed by atoms with E-state index in [0.29, 0.717) is 35.3 Å². The smallest absolute Gasteiger partial charge is 0.257 e. The number of para-hydroxylation sites is 1. The molecule has 10 heteroatoms. The van der Waals surface area contributed by atoms with Crippen molar-refractivity contribution in [2.75, 3.05) is 50.6 Å². The highest BCUT2D eigenvalue weighted by atomic mass is 35.5. The number of methoxy groups -OCH3 is 2. The van der Waals surface area contributed by atoms with Gasteiger partial charge in [-0.2, -0.15) is 0 Å². The minimum absolute atomic E-state index is 0.105. The van der Waals surface area contributed by atoms with Gasteiger partial charge >= 0.3 is 0 Å². The maximum absolute atomic E-state index is 13.4. The van der Waals surface area contributed by atoms with E-state index in [1.54, 1.807) is 18.2 Å². The van der Waals surface area contributed by atoms with Crippen molar-refractivity contribution in [1.29, 1.82) is 0 Å². The molecule has 1 unspecified atom stereocenters. The van der Waals surface area contributed by atoms with Crippen LogP contribution in [0, 0.1) is 0 Å². The van der Waals surface area contributed by atoms with Crippen LogP contribution in [0.1, 0.15) is 33.3 Å². The van der Waals surface area contributed by atoms with Crippen LogP contribution in [0.5, 0.6) is 11.5 Å². The van der Waals surface area contributed by atoms with Crippen LogP contribution >= 0.6 is 22.9 Å². The molecule has 1 N–H and O–H groups in total. The molecule has 3 aromatic rings. The number of nitrogens with zero attached hydrogens (tertiary/aromatic N) is 3. The highest BCUT2D eigenvalue weighted by molar-refractivity contribution is 7.16. The van der Waals surface area contributed by atoms with Gasteiger partial charge in [0.2, 0.25) is 5.91 Å². The molecule has 2 amide bonds. The van der Waals surface area contributed by atoms with Crippen molar-refractivity contribution >= 4 is 45.6 Å². The Hall–Kier alpha value is -3.30. The van der Waals surface area contributed by atoms with Gasteiger partial charge < -0.3 is 19.3 Å². The van der Waals surface area contributed by atoms with Crippen LogP contribution in [0.4, 0.5) is 10.8 Å². The third-order valence-electron chi connectivity index (χ3n) is 6.63. The van der Waals surface area contributed by atoms with Gasteiger partial charge in [0.15, 0.2) is 5.13 Å². The fraction of sp³-hybridized carbons (Fsp3) is 0.346. The number of anilines is 2. The van der Waals surface area contributed by atoms with Gasteiger partial charge in [0.1, 0.15) is 11.5 Å². The molecule has 2 heterocycles. The van der Waals surface area contributed by atoms with E-state index in [1.165, 1.54) is 25.6 Å². The maximum Gasteiger partial charge on any atom is 0.257 e. The van der Waals surface area contributed by atoms with Gasteiger partial charge in [-0.05, 0) is 37.1 Å². The predicted molar refractivity (Wildman–Crippen MR) is 141 cm³/mol. The van der Waals surface area contributed by atoms with Gasteiger partial charge in [-0.25, -0.2) is 4.98 Å². The largest absolute Gasteiger partial charge is 0.497 e. The van der Waals surface area contributed by atoms with E-state index < -0.39 is 0 Å². The molecule has 0 bridgehead atoms. The molecule has 5 rings (SSSR count). The molecule has 8 nitrogen and oxygen atoms in total. The summed E-state index contributed by atoms with van der Waals surface area (Å²) in [5.41, 5.74) is 2.20. The molecule has 1 aromatic heterocycles.